The van der Waals surface area contributed by atoms with Gasteiger partial charge in [-0.25, -0.2) is 0 Å². The van der Waals surface area contributed by atoms with Gasteiger partial charge >= 0.3 is 0 Å². The fourth-order valence-electron chi connectivity index (χ4n) is 3.15. The zero-order valence-corrected chi connectivity index (χ0v) is 20.4. The second-order valence-electron chi connectivity index (χ2n) is 6.98. The normalized spacial score (nSPS) is 13.2. The molecule has 0 nitrogen and oxygen atoms in total. The van der Waals surface area contributed by atoms with Crippen molar-refractivity contribution in [3.8, 4) is 0 Å². The highest BCUT2D eigenvalue weighted by Gasteiger charge is 2.32. The molecule has 0 N–H and O–H groups in total. The summed E-state index contributed by atoms with van der Waals surface area (Å²) < 4.78 is 0. The Kier molecular flexibility index (Phi) is 7.14. The minimum Gasteiger partial charge on any atom is -0.0876 e. The van der Waals surface area contributed by atoms with E-state index in [-0.39, 0.29) is 0 Å². The van der Waals surface area contributed by atoms with Crippen molar-refractivity contribution in [3.63, 3.8) is 0 Å². The van der Waals surface area contributed by atoms with E-state index in [0.717, 1.165) is 0 Å². The van der Waals surface area contributed by atoms with E-state index < -0.39 is 0 Å². The number of thioether (sulfide) groups is 4. The van der Waals surface area contributed by atoms with Gasteiger partial charge in [-0.15, -0.1) is 0 Å². The fraction of sp³-hybridized carbons (Fsp3) is 0. The van der Waals surface area contributed by atoms with E-state index in [9.17, 15) is 0 Å². The maximum Gasteiger partial charge on any atom is 0.0425 e. The summed E-state index contributed by atoms with van der Waals surface area (Å²) >= 11 is 7.46. The lowest BCUT2D eigenvalue weighted by Gasteiger charge is -2.30. The first-order chi connectivity index (χ1) is 15.9. The molecule has 0 saturated carbocycles. The SMILES string of the molecule is c1ccc(SC2=C(Sc3ccccc3)C(Sc3ccccc3)=C2Sc2ccccc2)cc1. The first kappa shape index (κ1) is 21.6. The molecule has 0 radical (unpaired) electrons. The van der Waals surface area contributed by atoms with E-state index in [1.807, 2.05) is 47.0 Å². The predicted octanol–water partition coefficient (Wildman–Crippen LogP) is 9.59. The maximum atomic E-state index is 2.19. The molecular formula is C28H20S4. The van der Waals surface area contributed by atoms with E-state index in [1.165, 1.54) is 39.2 Å². The lowest BCUT2D eigenvalue weighted by molar-refractivity contribution is 1.43. The molecule has 0 aliphatic heterocycles. The van der Waals surface area contributed by atoms with Crippen molar-refractivity contribution in [3.05, 3.63) is 141 Å². The van der Waals surface area contributed by atoms with Crippen molar-refractivity contribution in [1.29, 1.82) is 0 Å². The van der Waals surface area contributed by atoms with Gasteiger partial charge in [0.2, 0.25) is 0 Å². The van der Waals surface area contributed by atoms with Crippen LogP contribution in [0.15, 0.2) is 161 Å². The van der Waals surface area contributed by atoms with Gasteiger partial charge in [0.1, 0.15) is 0 Å². The molecule has 32 heavy (non-hydrogen) atoms. The Morgan fingerprint density at radius 2 is 0.438 bits per heavy atom. The average molecular weight is 485 g/mol. The van der Waals surface area contributed by atoms with Crippen molar-refractivity contribution in [2.24, 2.45) is 0 Å². The van der Waals surface area contributed by atoms with Gasteiger partial charge < -0.3 is 0 Å². The van der Waals surface area contributed by atoms with Crippen LogP contribution in [0.2, 0.25) is 0 Å². The first-order valence-corrected chi connectivity index (χ1v) is 13.5. The number of benzene rings is 4. The lowest BCUT2D eigenvalue weighted by Crippen LogP contribution is -2.04. The molecule has 0 atom stereocenters. The van der Waals surface area contributed by atoms with Crippen LogP contribution in [-0.4, -0.2) is 0 Å². The second-order valence-corrected chi connectivity index (χ2v) is 11.3. The van der Waals surface area contributed by atoms with Gasteiger partial charge in [-0.1, -0.05) is 120 Å². The average Bonchev–Trinajstić information content (AvgIpc) is 2.87. The van der Waals surface area contributed by atoms with Crippen molar-refractivity contribution in [1.82, 2.24) is 0 Å². The van der Waals surface area contributed by atoms with Gasteiger partial charge in [0.15, 0.2) is 0 Å². The van der Waals surface area contributed by atoms with E-state index >= 15 is 0 Å². The molecule has 0 heterocycles. The summed E-state index contributed by atoms with van der Waals surface area (Å²) in [5.41, 5.74) is 0. The van der Waals surface area contributed by atoms with Gasteiger partial charge in [-0.2, -0.15) is 0 Å². The van der Waals surface area contributed by atoms with Crippen molar-refractivity contribution in [2.75, 3.05) is 0 Å². The van der Waals surface area contributed by atoms with Crippen LogP contribution in [0.5, 0.6) is 0 Å². The third-order valence-corrected chi connectivity index (χ3v) is 9.68. The van der Waals surface area contributed by atoms with Gasteiger partial charge in [0, 0.05) is 39.2 Å². The van der Waals surface area contributed by atoms with Crippen molar-refractivity contribution >= 4 is 47.0 Å². The van der Waals surface area contributed by atoms with Crippen LogP contribution in [-0.2, 0) is 0 Å². The minimum absolute atomic E-state index is 1.27. The van der Waals surface area contributed by atoms with Crippen LogP contribution in [0.1, 0.15) is 0 Å². The third-order valence-electron chi connectivity index (χ3n) is 4.68. The highest BCUT2D eigenvalue weighted by atomic mass is 32.2. The Morgan fingerprint density at radius 1 is 0.250 bits per heavy atom. The molecule has 4 heteroatoms. The lowest BCUT2D eigenvalue weighted by atomic mass is 10.3. The molecule has 0 aromatic heterocycles. The molecule has 4 aromatic rings. The van der Waals surface area contributed by atoms with Gasteiger partial charge in [0.25, 0.3) is 0 Å². The zero-order chi connectivity index (χ0) is 21.6. The monoisotopic (exact) mass is 484 g/mol. The van der Waals surface area contributed by atoms with E-state index in [0.29, 0.717) is 0 Å². The molecule has 5 rings (SSSR count). The Morgan fingerprint density at radius 3 is 0.625 bits per heavy atom. The minimum atomic E-state index is 1.27. The van der Waals surface area contributed by atoms with E-state index in [4.69, 9.17) is 0 Å². The predicted molar refractivity (Wildman–Crippen MR) is 143 cm³/mol. The summed E-state index contributed by atoms with van der Waals surface area (Å²) in [6.07, 6.45) is 0. The molecule has 0 saturated heterocycles. The molecule has 156 valence electrons. The Bertz CT molecular complexity index is 1020. The largest absolute Gasteiger partial charge is 0.0876 e. The highest BCUT2D eigenvalue weighted by molar-refractivity contribution is 8.14. The summed E-state index contributed by atoms with van der Waals surface area (Å²) in [5, 5.41) is 0. The van der Waals surface area contributed by atoms with Crippen molar-refractivity contribution < 1.29 is 0 Å². The highest BCUT2D eigenvalue weighted by Crippen LogP contribution is 2.60. The van der Waals surface area contributed by atoms with Crippen LogP contribution in [0, 0.1) is 0 Å². The summed E-state index contributed by atoms with van der Waals surface area (Å²) in [5.74, 6) is 0. The molecule has 0 spiro atoms. The third kappa shape index (κ3) is 5.21. The van der Waals surface area contributed by atoms with E-state index in [1.54, 1.807) is 0 Å². The first-order valence-electron chi connectivity index (χ1n) is 10.3. The Hall–Kier alpha value is -2.24. The number of rotatable bonds is 8. The van der Waals surface area contributed by atoms with Gasteiger partial charge in [-0.3, -0.25) is 0 Å². The van der Waals surface area contributed by atoms with Crippen LogP contribution in [0.25, 0.3) is 0 Å². The summed E-state index contributed by atoms with van der Waals surface area (Å²) in [6, 6.07) is 42.7. The smallest absolute Gasteiger partial charge is 0.0425 e. The van der Waals surface area contributed by atoms with Gasteiger partial charge in [-0.05, 0) is 48.5 Å². The maximum absolute atomic E-state index is 2.19. The zero-order valence-electron chi connectivity index (χ0n) is 17.2. The summed E-state index contributed by atoms with van der Waals surface area (Å²) in [4.78, 5) is 10.5. The number of hydrogen-bond donors (Lipinski definition) is 0. The Labute approximate surface area is 206 Å². The summed E-state index contributed by atoms with van der Waals surface area (Å²) in [7, 11) is 0. The standard InChI is InChI=1S/C28H20S4/c1-5-13-21(14-6-1)29-25-26(30-22-15-7-2-8-16-22)28(32-24-19-11-4-12-20-24)27(25)31-23-17-9-3-10-18-23/h1-20H. The molecule has 0 fully saturated rings. The summed E-state index contributed by atoms with van der Waals surface area (Å²) in [6.45, 7) is 0. The van der Waals surface area contributed by atoms with Gasteiger partial charge in [0.05, 0.1) is 0 Å². The van der Waals surface area contributed by atoms with Crippen LogP contribution < -0.4 is 0 Å². The quantitative estimate of drug-likeness (QED) is 0.244. The van der Waals surface area contributed by atoms with Crippen molar-refractivity contribution in [2.45, 2.75) is 19.6 Å². The van der Waals surface area contributed by atoms with Crippen LogP contribution in [0.4, 0.5) is 0 Å². The molecule has 0 unspecified atom stereocenters. The molecule has 0 amide bonds. The molecule has 1 aliphatic rings. The molecule has 1 aliphatic carbocycles. The fourth-order valence-corrected chi connectivity index (χ4v) is 8.08. The molecule has 4 aromatic carbocycles. The number of hydrogen-bond acceptors (Lipinski definition) is 4. The molecular weight excluding hydrogens is 465 g/mol. The molecule has 0 bridgehead atoms. The second kappa shape index (κ2) is 10.6. The van der Waals surface area contributed by atoms with Crippen LogP contribution in [0.3, 0.4) is 0 Å². The van der Waals surface area contributed by atoms with E-state index in [2.05, 4.69) is 121 Å². The topological polar surface area (TPSA) is 0 Å². The Balaban J connectivity index is 1.53. The van der Waals surface area contributed by atoms with Crippen LogP contribution >= 0.6 is 47.0 Å².